The molecule has 1 amide bonds. The highest BCUT2D eigenvalue weighted by Crippen LogP contribution is 2.41. The Morgan fingerprint density at radius 1 is 1.14 bits per heavy atom. The summed E-state index contributed by atoms with van der Waals surface area (Å²) >= 11 is 0. The van der Waals surface area contributed by atoms with E-state index in [2.05, 4.69) is 5.32 Å². The molecule has 0 saturated heterocycles. The van der Waals surface area contributed by atoms with Crippen molar-refractivity contribution in [1.29, 1.82) is 0 Å². The zero-order valence-corrected chi connectivity index (χ0v) is 11.4. The highest BCUT2D eigenvalue weighted by atomic mass is 16.5. The highest BCUT2D eigenvalue weighted by molar-refractivity contribution is 6.36. The number of aromatic carboxylic acids is 1. The lowest BCUT2D eigenvalue weighted by Crippen LogP contribution is -2.05. The molecule has 0 unspecified atom stereocenters. The molecule has 2 aromatic rings. The van der Waals surface area contributed by atoms with Crippen LogP contribution in [0.5, 0.6) is 0 Å². The second-order valence-electron chi connectivity index (χ2n) is 5.17. The van der Waals surface area contributed by atoms with Crippen LogP contribution in [0.25, 0.3) is 11.3 Å². The summed E-state index contributed by atoms with van der Waals surface area (Å²) in [5, 5.41) is 11.9. The number of fused-ring (bicyclic) bond motifs is 2. The summed E-state index contributed by atoms with van der Waals surface area (Å²) in [6.07, 6.45) is 0. The number of carboxylic acids is 1. The highest BCUT2D eigenvalue weighted by Gasteiger charge is 2.32. The average Bonchev–Trinajstić information content (AvgIpc) is 3.06. The molecule has 0 fully saturated rings. The first kappa shape index (κ1) is 12.6. The molecule has 5 heteroatoms. The van der Waals surface area contributed by atoms with Gasteiger partial charge < -0.3 is 15.2 Å². The first-order valence-electron chi connectivity index (χ1n) is 6.79. The molecule has 2 aromatic carbocycles. The van der Waals surface area contributed by atoms with Crippen LogP contribution in [-0.4, -0.2) is 17.0 Å². The number of anilines is 1. The molecule has 108 valence electrons. The SMILES string of the molecule is O=C1Nc2ccccc2C1=C1OCc2cc(C(=O)O)ccc21. The number of nitrogens with one attached hydrogen (secondary N) is 1. The number of hydrogen-bond acceptors (Lipinski definition) is 3. The maximum atomic E-state index is 12.3. The van der Waals surface area contributed by atoms with Gasteiger partial charge in [-0.3, -0.25) is 4.79 Å². The van der Waals surface area contributed by atoms with Crippen LogP contribution in [0.2, 0.25) is 0 Å². The number of carbonyl (C=O) groups is 2. The van der Waals surface area contributed by atoms with Crippen molar-refractivity contribution < 1.29 is 19.4 Å². The Kier molecular flexibility index (Phi) is 2.56. The lowest BCUT2D eigenvalue weighted by Gasteiger charge is -2.05. The summed E-state index contributed by atoms with van der Waals surface area (Å²) in [6.45, 7) is 0.269. The number of ether oxygens (including phenoxy) is 1. The van der Waals surface area contributed by atoms with Crippen LogP contribution < -0.4 is 5.32 Å². The minimum Gasteiger partial charge on any atom is -0.487 e. The van der Waals surface area contributed by atoms with Gasteiger partial charge in [0.1, 0.15) is 12.4 Å². The van der Waals surface area contributed by atoms with E-state index in [4.69, 9.17) is 9.84 Å². The zero-order valence-electron chi connectivity index (χ0n) is 11.4. The molecule has 0 saturated carbocycles. The zero-order chi connectivity index (χ0) is 15.3. The molecular weight excluding hydrogens is 282 g/mol. The van der Waals surface area contributed by atoms with Gasteiger partial charge in [0.05, 0.1) is 11.1 Å². The summed E-state index contributed by atoms with van der Waals surface area (Å²) in [6, 6.07) is 12.2. The van der Waals surface area contributed by atoms with Gasteiger partial charge in [-0.1, -0.05) is 18.2 Å². The number of carboxylic acid groups (broad SMARTS) is 1. The molecule has 5 nitrogen and oxygen atoms in total. The molecule has 0 aromatic heterocycles. The topological polar surface area (TPSA) is 75.6 Å². The number of rotatable bonds is 1. The lowest BCUT2D eigenvalue weighted by atomic mass is 9.99. The van der Waals surface area contributed by atoms with Crippen molar-refractivity contribution in [3.63, 3.8) is 0 Å². The van der Waals surface area contributed by atoms with Crippen LogP contribution in [0, 0.1) is 0 Å². The molecule has 4 rings (SSSR count). The van der Waals surface area contributed by atoms with Gasteiger partial charge in [0.25, 0.3) is 5.91 Å². The largest absolute Gasteiger partial charge is 0.487 e. The first-order valence-corrected chi connectivity index (χ1v) is 6.79. The maximum absolute atomic E-state index is 12.3. The van der Waals surface area contributed by atoms with E-state index in [1.54, 1.807) is 12.1 Å². The van der Waals surface area contributed by atoms with Crippen LogP contribution in [0.4, 0.5) is 5.69 Å². The van der Waals surface area contributed by atoms with Crippen molar-refractivity contribution in [2.45, 2.75) is 6.61 Å². The van der Waals surface area contributed by atoms with Gasteiger partial charge in [-0.2, -0.15) is 0 Å². The molecule has 0 bridgehead atoms. The van der Waals surface area contributed by atoms with Crippen molar-refractivity contribution in [3.8, 4) is 0 Å². The van der Waals surface area contributed by atoms with Gasteiger partial charge in [0.15, 0.2) is 0 Å². The number of para-hydroxylation sites is 1. The Morgan fingerprint density at radius 2 is 1.95 bits per heavy atom. The van der Waals surface area contributed by atoms with Crippen LogP contribution in [0.3, 0.4) is 0 Å². The molecule has 2 aliphatic heterocycles. The van der Waals surface area contributed by atoms with E-state index in [-0.39, 0.29) is 18.1 Å². The second-order valence-corrected chi connectivity index (χ2v) is 5.17. The summed E-state index contributed by atoms with van der Waals surface area (Å²) in [7, 11) is 0. The predicted octanol–water partition coefficient (Wildman–Crippen LogP) is 2.74. The predicted molar refractivity (Wildman–Crippen MR) is 80.1 cm³/mol. The molecule has 0 aliphatic carbocycles. The van der Waals surface area contributed by atoms with Crippen molar-refractivity contribution in [2.24, 2.45) is 0 Å². The number of benzene rings is 2. The van der Waals surface area contributed by atoms with E-state index in [0.29, 0.717) is 11.3 Å². The smallest absolute Gasteiger partial charge is 0.335 e. The monoisotopic (exact) mass is 293 g/mol. The van der Waals surface area contributed by atoms with E-state index in [0.717, 1.165) is 22.4 Å². The summed E-state index contributed by atoms with van der Waals surface area (Å²) in [5.41, 5.74) is 3.82. The molecular formula is C17H11NO4. The third kappa shape index (κ3) is 1.72. The van der Waals surface area contributed by atoms with Crippen LogP contribution >= 0.6 is 0 Å². The lowest BCUT2D eigenvalue weighted by molar-refractivity contribution is -0.110. The molecule has 0 spiro atoms. The van der Waals surface area contributed by atoms with Crippen molar-refractivity contribution in [1.82, 2.24) is 0 Å². The van der Waals surface area contributed by atoms with E-state index in [1.165, 1.54) is 6.07 Å². The van der Waals surface area contributed by atoms with Crippen molar-refractivity contribution in [2.75, 3.05) is 5.32 Å². The first-order chi connectivity index (χ1) is 10.6. The molecule has 2 aliphatic rings. The third-order valence-corrected chi connectivity index (χ3v) is 3.87. The average molecular weight is 293 g/mol. The fraction of sp³-hybridized carbons (Fsp3) is 0.0588. The number of hydrogen-bond donors (Lipinski definition) is 2. The quantitative estimate of drug-likeness (QED) is 0.793. The molecule has 0 atom stereocenters. The molecule has 2 N–H and O–H groups in total. The van der Waals surface area contributed by atoms with Gasteiger partial charge >= 0.3 is 5.97 Å². The summed E-state index contributed by atoms with van der Waals surface area (Å²) < 4.78 is 5.70. The van der Waals surface area contributed by atoms with Gasteiger partial charge in [-0.25, -0.2) is 4.79 Å². The molecule has 0 radical (unpaired) electrons. The summed E-state index contributed by atoms with van der Waals surface area (Å²) in [4.78, 5) is 23.3. The van der Waals surface area contributed by atoms with Gasteiger partial charge in [0.2, 0.25) is 0 Å². The number of carbonyl (C=O) groups excluding carboxylic acids is 1. The third-order valence-electron chi connectivity index (χ3n) is 3.87. The molecule has 22 heavy (non-hydrogen) atoms. The van der Waals surface area contributed by atoms with Crippen molar-refractivity contribution >= 4 is 28.9 Å². The Bertz CT molecular complexity index is 867. The Hall–Kier alpha value is -3.08. The van der Waals surface area contributed by atoms with Gasteiger partial charge in [-0.05, 0) is 24.3 Å². The Balaban J connectivity index is 1.90. The van der Waals surface area contributed by atoms with E-state index in [1.807, 2.05) is 24.3 Å². The summed E-state index contributed by atoms with van der Waals surface area (Å²) in [5.74, 6) is -0.673. The Labute approximate surface area is 125 Å². The van der Waals surface area contributed by atoms with Crippen molar-refractivity contribution in [3.05, 3.63) is 64.7 Å². The fourth-order valence-corrected chi connectivity index (χ4v) is 2.84. The van der Waals surface area contributed by atoms with E-state index >= 15 is 0 Å². The van der Waals surface area contributed by atoms with E-state index in [9.17, 15) is 9.59 Å². The maximum Gasteiger partial charge on any atom is 0.335 e. The second kappa shape index (κ2) is 4.46. The van der Waals surface area contributed by atoms with Crippen LogP contribution in [0.1, 0.15) is 27.0 Å². The fourth-order valence-electron chi connectivity index (χ4n) is 2.84. The van der Waals surface area contributed by atoms with E-state index < -0.39 is 5.97 Å². The van der Waals surface area contributed by atoms with Gasteiger partial charge in [0, 0.05) is 22.4 Å². The molecule has 2 heterocycles. The standard InChI is InChI=1S/C17H11NO4/c19-16-14(12-3-1-2-4-13(12)18-16)15-11-6-5-9(17(20)21)7-10(11)8-22-15/h1-7H,8H2,(H,18,19)(H,20,21). The number of amides is 1. The van der Waals surface area contributed by atoms with Gasteiger partial charge in [-0.15, -0.1) is 0 Å². The minimum absolute atomic E-state index is 0.202. The normalized spacial score (nSPS) is 18.5. The minimum atomic E-state index is -0.979. The van der Waals surface area contributed by atoms with Crippen LogP contribution in [-0.2, 0) is 16.1 Å². The Morgan fingerprint density at radius 3 is 2.77 bits per heavy atom. The van der Waals surface area contributed by atoms with Crippen LogP contribution in [0.15, 0.2) is 42.5 Å².